The molecule has 2 rings (SSSR count). The maximum atomic E-state index is 13.0. The summed E-state index contributed by atoms with van der Waals surface area (Å²) in [5.74, 6) is -1.97. The molecular formula is C16H27NO6S. The summed E-state index contributed by atoms with van der Waals surface area (Å²) in [4.78, 5) is 25.3. The average molecular weight is 361 g/mol. The number of carboxylic acids is 1. The average Bonchev–Trinajstić information content (AvgIpc) is 2.55. The van der Waals surface area contributed by atoms with Crippen LogP contribution in [0.15, 0.2) is 0 Å². The molecule has 7 nitrogen and oxygen atoms in total. The lowest BCUT2D eigenvalue weighted by Gasteiger charge is -2.35. The number of hydrogen-bond acceptors (Lipinski definition) is 5. The molecular weight excluding hydrogens is 334 g/mol. The molecule has 1 saturated heterocycles. The number of sulfone groups is 1. The first-order valence-corrected chi connectivity index (χ1v) is 10.2. The van der Waals surface area contributed by atoms with E-state index >= 15 is 0 Å². The van der Waals surface area contributed by atoms with Crippen LogP contribution in [0.25, 0.3) is 0 Å². The molecule has 138 valence electrons. The van der Waals surface area contributed by atoms with Crippen molar-refractivity contribution in [1.29, 1.82) is 0 Å². The number of carbonyl (C=O) groups is 2. The van der Waals surface area contributed by atoms with E-state index in [0.717, 1.165) is 19.3 Å². The van der Waals surface area contributed by atoms with Crippen molar-refractivity contribution in [3.05, 3.63) is 0 Å². The molecule has 0 radical (unpaired) electrons. The Kier molecular flexibility index (Phi) is 6.25. The first kappa shape index (κ1) is 19.2. The van der Waals surface area contributed by atoms with Crippen LogP contribution in [0.2, 0.25) is 0 Å². The lowest BCUT2D eigenvalue weighted by Crippen LogP contribution is -2.55. The van der Waals surface area contributed by atoms with Gasteiger partial charge in [0.25, 0.3) is 0 Å². The van der Waals surface area contributed by atoms with Crippen molar-refractivity contribution in [2.75, 3.05) is 19.7 Å². The molecule has 24 heavy (non-hydrogen) atoms. The maximum Gasteiger partial charge on any atom is 0.334 e. The standard InChI is InChI=1S/C16H27NO6S/c1-11(2)14(24(21,22)12-6-4-3-5-7-12)15(18)17-8-9-23-13(10-17)16(19)20/h11-14H,3-10H2,1-2H3,(H,19,20). The predicted octanol–water partition coefficient (Wildman–Crippen LogP) is 1.07. The molecule has 2 atom stereocenters. The van der Waals surface area contributed by atoms with Crippen molar-refractivity contribution in [2.24, 2.45) is 5.92 Å². The fourth-order valence-electron chi connectivity index (χ4n) is 3.58. The van der Waals surface area contributed by atoms with Crippen LogP contribution in [0.5, 0.6) is 0 Å². The van der Waals surface area contributed by atoms with E-state index in [0.29, 0.717) is 12.8 Å². The molecule has 1 saturated carbocycles. The monoisotopic (exact) mass is 361 g/mol. The highest BCUT2D eigenvalue weighted by Crippen LogP contribution is 2.30. The van der Waals surface area contributed by atoms with Gasteiger partial charge in [-0.2, -0.15) is 0 Å². The van der Waals surface area contributed by atoms with Gasteiger partial charge in [-0.15, -0.1) is 0 Å². The molecule has 0 bridgehead atoms. The quantitative estimate of drug-likeness (QED) is 0.786. The van der Waals surface area contributed by atoms with Crippen LogP contribution in [0.3, 0.4) is 0 Å². The second kappa shape index (κ2) is 7.82. The number of carbonyl (C=O) groups excluding carboxylic acids is 1. The lowest BCUT2D eigenvalue weighted by atomic mass is 10.0. The molecule has 0 aromatic carbocycles. The zero-order valence-electron chi connectivity index (χ0n) is 14.3. The third-order valence-corrected chi connectivity index (χ3v) is 7.73. The second-order valence-corrected chi connectivity index (χ2v) is 9.35. The number of amides is 1. The zero-order valence-corrected chi connectivity index (χ0v) is 15.1. The molecule has 1 amide bonds. The molecule has 0 aromatic rings. The highest BCUT2D eigenvalue weighted by atomic mass is 32.2. The number of carboxylic acid groups (broad SMARTS) is 1. The number of nitrogens with zero attached hydrogens (tertiary/aromatic N) is 1. The van der Waals surface area contributed by atoms with Crippen molar-refractivity contribution in [2.45, 2.75) is 62.6 Å². The van der Waals surface area contributed by atoms with Crippen molar-refractivity contribution in [3.8, 4) is 0 Å². The van der Waals surface area contributed by atoms with Crippen molar-refractivity contribution in [1.82, 2.24) is 4.90 Å². The van der Waals surface area contributed by atoms with Gasteiger partial charge in [-0.25, -0.2) is 13.2 Å². The smallest absolute Gasteiger partial charge is 0.334 e. The first-order valence-electron chi connectivity index (χ1n) is 8.61. The Morgan fingerprint density at radius 3 is 2.33 bits per heavy atom. The Labute approximate surface area is 143 Å². The molecule has 1 heterocycles. The van der Waals surface area contributed by atoms with Gasteiger partial charge >= 0.3 is 5.97 Å². The van der Waals surface area contributed by atoms with E-state index in [1.54, 1.807) is 13.8 Å². The molecule has 2 aliphatic rings. The van der Waals surface area contributed by atoms with Gasteiger partial charge in [-0.05, 0) is 18.8 Å². The van der Waals surface area contributed by atoms with Gasteiger partial charge < -0.3 is 14.7 Å². The number of hydrogen-bond donors (Lipinski definition) is 1. The first-order chi connectivity index (χ1) is 11.2. The summed E-state index contributed by atoms with van der Waals surface area (Å²) in [5, 5.41) is 7.51. The van der Waals surface area contributed by atoms with E-state index in [4.69, 9.17) is 9.84 Å². The van der Waals surface area contributed by atoms with Gasteiger partial charge in [0.05, 0.1) is 18.4 Å². The zero-order chi connectivity index (χ0) is 17.9. The third kappa shape index (κ3) is 4.08. The van der Waals surface area contributed by atoms with Gasteiger partial charge in [0.15, 0.2) is 15.9 Å². The summed E-state index contributed by atoms with van der Waals surface area (Å²) < 4.78 is 31.2. The van der Waals surface area contributed by atoms with E-state index in [9.17, 15) is 18.0 Å². The molecule has 2 unspecified atom stereocenters. The van der Waals surface area contributed by atoms with E-state index in [-0.39, 0.29) is 25.6 Å². The van der Waals surface area contributed by atoms with Crippen LogP contribution in [-0.2, 0) is 24.2 Å². The van der Waals surface area contributed by atoms with Crippen LogP contribution in [-0.4, -0.2) is 66.6 Å². The SMILES string of the molecule is CC(C)C(C(=O)N1CCOC(C(=O)O)C1)S(=O)(=O)C1CCCCC1. The predicted molar refractivity (Wildman–Crippen MR) is 88.4 cm³/mol. The molecule has 0 spiro atoms. The summed E-state index contributed by atoms with van der Waals surface area (Å²) >= 11 is 0. The number of aliphatic carboxylic acids is 1. The largest absolute Gasteiger partial charge is 0.479 e. The summed E-state index contributed by atoms with van der Waals surface area (Å²) in [6.45, 7) is 3.71. The summed E-state index contributed by atoms with van der Waals surface area (Å²) in [7, 11) is -3.59. The lowest BCUT2D eigenvalue weighted by molar-refractivity contribution is -0.159. The fraction of sp³-hybridized carbons (Fsp3) is 0.875. The highest BCUT2D eigenvalue weighted by molar-refractivity contribution is 7.93. The number of morpholine rings is 1. The second-order valence-electron chi connectivity index (χ2n) is 7.00. The van der Waals surface area contributed by atoms with Crippen LogP contribution >= 0.6 is 0 Å². The topological polar surface area (TPSA) is 101 Å². The summed E-state index contributed by atoms with van der Waals surface area (Å²) in [6.07, 6.45) is 2.92. The van der Waals surface area contributed by atoms with Crippen LogP contribution in [0, 0.1) is 5.92 Å². The molecule has 8 heteroatoms. The molecule has 1 aliphatic heterocycles. The van der Waals surface area contributed by atoms with Crippen LogP contribution < -0.4 is 0 Å². The van der Waals surface area contributed by atoms with Gasteiger partial charge in [-0.1, -0.05) is 33.1 Å². The molecule has 0 aromatic heterocycles. The van der Waals surface area contributed by atoms with E-state index in [2.05, 4.69) is 0 Å². The van der Waals surface area contributed by atoms with Crippen LogP contribution in [0.1, 0.15) is 46.0 Å². The molecule has 1 N–H and O–H groups in total. The minimum Gasteiger partial charge on any atom is -0.479 e. The van der Waals surface area contributed by atoms with Crippen molar-refractivity contribution in [3.63, 3.8) is 0 Å². The maximum absolute atomic E-state index is 13.0. The number of rotatable bonds is 5. The van der Waals surface area contributed by atoms with E-state index < -0.39 is 38.3 Å². The Morgan fingerprint density at radius 1 is 1.17 bits per heavy atom. The Hall–Kier alpha value is -1.15. The summed E-state index contributed by atoms with van der Waals surface area (Å²) in [5.41, 5.74) is 0. The van der Waals surface area contributed by atoms with Gasteiger partial charge in [-0.3, -0.25) is 4.79 Å². The number of ether oxygens (including phenoxy) is 1. The minimum atomic E-state index is -3.59. The normalized spacial score (nSPS) is 24.8. The third-order valence-electron chi connectivity index (χ3n) is 4.87. The van der Waals surface area contributed by atoms with Crippen molar-refractivity contribution >= 4 is 21.7 Å². The summed E-state index contributed by atoms with van der Waals surface area (Å²) in [6, 6.07) is 0. The Balaban J connectivity index is 2.20. The highest BCUT2D eigenvalue weighted by Gasteiger charge is 2.44. The van der Waals surface area contributed by atoms with Gasteiger partial charge in [0.2, 0.25) is 5.91 Å². The minimum absolute atomic E-state index is 0.0996. The van der Waals surface area contributed by atoms with Crippen molar-refractivity contribution < 1.29 is 27.9 Å². The van der Waals surface area contributed by atoms with Crippen LogP contribution in [0.4, 0.5) is 0 Å². The van der Waals surface area contributed by atoms with Gasteiger partial charge in [0, 0.05) is 6.54 Å². The Morgan fingerprint density at radius 2 is 1.79 bits per heavy atom. The molecule has 2 fully saturated rings. The van der Waals surface area contributed by atoms with E-state index in [1.165, 1.54) is 4.90 Å². The van der Waals surface area contributed by atoms with Gasteiger partial charge in [0.1, 0.15) is 5.25 Å². The Bertz CT molecular complexity index is 567. The van der Waals surface area contributed by atoms with E-state index in [1.807, 2.05) is 0 Å². The fourth-order valence-corrected chi connectivity index (χ4v) is 6.18. The molecule has 1 aliphatic carbocycles.